The minimum atomic E-state index is -2.41. The molecular weight excluding hydrogens is 111 g/mol. The minimum absolute atomic E-state index is 0.449. The fourth-order valence-corrected chi connectivity index (χ4v) is 0.454. The third-order valence-corrected chi connectivity index (χ3v) is 1.69. The molecule has 0 aromatic carbocycles. The van der Waals surface area contributed by atoms with Crippen LogP contribution in [0, 0.1) is 0 Å². The van der Waals surface area contributed by atoms with E-state index in [1.54, 1.807) is 6.92 Å². The zero-order chi connectivity index (χ0) is 5.86. The topological polar surface area (TPSA) is 37.3 Å². The highest BCUT2D eigenvalue weighted by atomic mass is 31.1. The van der Waals surface area contributed by atoms with Crippen molar-refractivity contribution >= 4 is 8.03 Å². The van der Waals surface area contributed by atoms with E-state index in [9.17, 15) is 4.57 Å². The highest BCUT2D eigenvalue weighted by Gasteiger charge is 1.92. The van der Waals surface area contributed by atoms with Crippen molar-refractivity contribution in [3.05, 3.63) is 11.9 Å². The van der Waals surface area contributed by atoms with Gasteiger partial charge in [0.2, 0.25) is 8.03 Å². The molecule has 0 heterocycles. The van der Waals surface area contributed by atoms with Crippen LogP contribution in [0.2, 0.25) is 0 Å². The summed E-state index contributed by atoms with van der Waals surface area (Å²) in [6.07, 6.45) is 0.605. The number of rotatable bonds is 2. The first-order valence-electron chi connectivity index (χ1n) is 2.09. The monoisotopic (exact) mass is 120 g/mol. The molecule has 0 amide bonds. The lowest BCUT2D eigenvalue weighted by Gasteiger charge is -1.89. The largest absolute Gasteiger partial charge is 0.343 e. The molecule has 0 aliphatic rings. The van der Waals surface area contributed by atoms with Gasteiger partial charge in [-0.25, -0.2) is 0 Å². The Morgan fingerprint density at radius 2 is 2.43 bits per heavy atom. The van der Waals surface area contributed by atoms with Crippen molar-refractivity contribution in [1.82, 2.24) is 0 Å². The zero-order valence-electron chi connectivity index (χ0n) is 4.27. The molecule has 0 bridgehead atoms. The summed E-state index contributed by atoms with van der Waals surface area (Å²) in [6, 6.07) is 0. The second kappa shape index (κ2) is 3.00. The molecule has 0 saturated carbocycles. The van der Waals surface area contributed by atoms with Gasteiger partial charge in [-0.05, 0) is 6.42 Å². The second-order valence-corrected chi connectivity index (χ2v) is 2.58. The van der Waals surface area contributed by atoms with Gasteiger partial charge in [0.15, 0.2) is 0 Å². The molecular formula is C4H9O2P. The van der Waals surface area contributed by atoms with E-state index in [4.69, 9.17) is 4.89 Å². The molecule has 1 atom stereocenters. The minimum Gasteiger partial charge on any atom is -0.343 e. The zero-order valence-corrected chi connectivity index (χ0v) is 5.27. The van der Waals surface area contributed by atoms with Crippen molar-refractivity contribution < 1.29 is 9.46 Å². The highest BCUT2D eigenvalue weighted by Crippen LogP contribution is 2.26. The maximum Gasteiger partial charge on any atom is 0.213 e. The van der Waals surface area contributed by atoms with Crippen LogP contribution in [0.25, 0.3) is 0 Å². The van der Waals surface area contributed by atoms with Gasteiger partial charge in [-0.2, -0.15) is 0 Å². The van der Waals surface area contributed by atoms with Gasteiger partial charge < -0.3 is 4.89 Å². The Morgan fingerprint density at radius 1 is 2.00 bits per heavy atom. The Hall–Kier alpha value is -0.0700. The van der Waals surface area contributed by atoms with Crippen LogP contribution in [0.5, 0.6) is 0 Å². The van der Waals surface area contributed by atoms with Crippen molar-refractivity contribution in [3.8, 4) is 0 Å². The molecule has 0 aliphatic heterocycles. The summed E-state index contributed by atoms with van der Waals surface area (Å²) in [6.45, 7) is 5.16. The second-order valence-electron chi connectivity index (χ2n) is 1.26. The van der Waals surface area contributed by atoms with Crippen molar-refractivity contribution in [2.24, 2.45) is 0 Å². The van der Waals surface area contributed by atoms with Gasteiger partial charge in [0.25, 0.3) is 0 Å². The van der Waals surface area contributed by atoms with Crippen molar-refractivity contribution in [2.45, 2.75) is 13.3 Å². The SMILES string of the molecule is C=C(CC)[PH](=O)O. The molecule has 7 heavy (non-hydrogen) atoms. The van der Waals surface area contributed by atoms with Gasteiger partial charge in [-0.15, -0.1) is 0 Å². The maximum atomic E-state index is 10.0. The first kappa shape index (κ1) is 6.93. The van der Waals surface area contributed by atoms with E-state index in [0.29, 0.717) is 11.7 Å². The molecule has 42 valence electrons. The van der Waals surface area contributed by atoms with E-state index >= 15 is 0 Å². The summed E-state index contributed by atoms with van der Waals surface area (Å²) in [7, 11) is -2.41. The summed E-state index contributed by atoms with van der Waals surface area (Å²) < 4.78 is 10.0. The van der Waals surface area contributed by atoms with Crippen molar-refractivity contribution in [3.63, 3.8) is 0 Å². The van der Waals surface area contributed by atoms with Crippen LogP contribution in [-0.2, 0) is 4.57 Å². The summed E-state index contributed by atoms with van der Waals surface area (Å²) >= 11 is 0. The standard InChI is InChI=1S/C4H9O2P/c1-3-4(2)7(5)6/h7H,2-3H2,1H3,(H,5,6). The Labute approximate surface area is 43.7 Å². The molecule has 0 saturated heterocycles. The average Bonchev–Trinajstić information content (AvgIpc) is 1.65. The quantitative estimate of drug-likeness (QED) is 0.559. The van der Waals surface area contributed by atoms with Gasteiger partial charge >= 0.3 is 0 Å². The molecule has 1 unspecified atom stereocenters. The van der Waals surface area contributed by atoms with E-state index in [2.05, 4.69) is 6.58 Å². The fourth-order valence-electron chi connectivity index (χ4n) is 0.151. The molecule has 0 aromatic rings. The average molecular weight is 120 g/mol. The smallest absolute Gasteiger partial charge is 0.213 e. The van der Waals surface area contributed by atoms with Crippen LogP contribution in [-0.4, -0.2) is 4.89 Å². The number of hydrogen-bond acceptors (Lipinski definition) is 1. The van der Waals surface area contributed by atoms with Crippen LogP contribution in [0.15, 0.2) is 11.9 Å². The lowest BCUT2D eigenvalue weighted by atomic mass is 10.5. The fraction of sp³-hybridized carbons (Fsp3) is 0.500. The predicted octanol–water partition coefficient (Wildman–Crippen LogP) is 1.38. The van der Waals surface area contributed by atoms with Gasteiger partial charge in [-0.3, -0.25) is 4.57 Å². The molecule has 3 heteroatoms. The van der Waals surface area contributed by atoms with E-state index in [1.807, 2.05) is 0 Å². The normalized spacial score (nSPS) is 13.4. The van der Waals surface area contributed by atoms with Crippen LogP contribution in [0.4, 0.5) is 0 Å². The maximum absolute atomic E-state index is 10.0. The first-order valence-corrected chi connectivity index (χ1v) is 3.45. The van der Waals surface area contributed by atoms with Crippen molar-refractivity contribution in [2.75, 3.05) is 0 Å². The molecule has 0 aromatic heterocycles. The third-order valence-electron chi connectivity index (χ3n) is 0.729. The highest BCUT2D eigenvalue weighted by molar-refractivity contribution is 7.43. The first-order chi connectivity index (χ1) is 3.18. The summed E-state index contributed by atoms with van der Waals surface area (Å²) in [5, 5.41) is 0.449. The van der Waals surface area contributed by atoms with E-state index in [0.717, 1.165) is 0 Å². The number of hydrogen-bond donors (Lipinski definition) is 1. The molecule has 0 spiro atoms. The summed E-state index contributed by atoms with van der Waals surface area (Å²) in [5.41, 5.74) is 0. The molecule has 0 rings (SSSR count). The summed E-state index contributed by atoms with van der Waals surface area (Å²) in [5.74, 6) is 0. The van der Waals surface area contributed by atoms with Crippen LogP contribution in [0.3, 0.4) is 0 Å². The Bertz CT molecular complexity index is 97.9. The van der Waals surface area contributed by atoms with Crippen molar-refractivity contribution in [1.29, 1.82) is 0 Å². The Balaban J connectivity index is 3.58. The molecule has 0 aliphatic carbocycles. The van der Waals surface area contributed by atoms with Crippen LogP contribution in [0.1, 0.15) is 13.3 Å². The predicted molar refractivity (Wildman–Crippen MR) is 30.7 cm³/mol. The molecule has 0 radical (unpaired) electrons. The van der Waals surface area contributed by atoms with Crippen LogP contribution >= 0.6 is 8.03 Å². The lowest BCUT2D eigenvalue weighted by Crippen LogP contribution is -1.64. The Kier molecular flexibility index (Phi) is 2.97. The third kappa shape index (κ3) is 2.60. The van der Waals surface area contributed by atoms with E-state index in [1.165, 1.54) is 0 Å². The molecule has 1 N–H and O–H groups in total. The molecule has 0 fully saturated rings. The van der Waals surface area contributed by atoms with Gasteiger partial charge in [0.1, 0.15) is 0 Å². The van der Waals surface area contributed by atoms with E-state index in [-0.39, 0.29) is 0 Å². The summed E-state index contributed by atoms with van der Waals surface area (Å²) in [4.78, 5) is 8.27. The van der Waals surface area contributed by atoms with Crippen LogP contribution < -0.4 is 0 Å². The van der Waals surface area contributed by atoms with Gasteiger partial charge in [0.05, 0.1) is 0 Å². The molecule has 2 nitrogen and oxygen atoms in total. The van der Waals surface area contributed by atoms with Gasteiger partial charge in [0, 0.05) is 5.31 Å². The Morgan fingerprint density at radius 3 is 2.43 bits per heavy atom. The lowest BCUT2D eigenvalue weighted by molar-refractivity contribution is 0.508. The van der Waals surface area contributed by atoms with E-state index < -0.39 is 8.03 Å². The van der Waals surface area contributed by atoms with Gasteiger partial charge in [-0.1, -0.05) is 13.5 Å². The number of allylic oxidation sites excluding steroid dienone is 1.